The van der Waals surface area contributed by atoms with Gasteiger partial charge in [-0.2, -0.15) is 4.98 Å². The van der Waals surface area contributed by atoms with Crippen LogP contribution in [0.3, 0.4) is 0 Å². The number of ether oxygens (including phenoxy) is 3. The Morgan fingerprint density at radius 2 is 2.04 bits per heavy atom. The average molecular weight is 447 g/mol. The van der Waals surface area contributed by atoms with Crippen molar-refractivity contribution in [1.29, 1.82) is 0 Å². The van der Waals surface area contributed by atoms with Crippen LogP contribution in [0.5, 0.6) is 11.5 Å². The van der Waals surface area contributed by atoms with Gasteiger partial charge in [-0.05, 0) is 36.8 Å². The number of hydrogen-bond acceptors (Lipinski definition) is 7. The minimum atomic E-state index is -0.352. The molecule has 0 fully saturated rings. The Morgan fingerprint density at radius 3 is 2.86 bits per heavy atom. The van der Waals surface area contributed by atoms with Crippen molar-refractivity contribution in [3.63, 3.8) is 0 Å². The number of halogens is 1. The van der Waals surface area contributed by atoms with Crippen LogP contribution in [0.25, 0.3) is 11.4 Å². The summed E-state index contributed by atoms with van der Waals surface area (Å²) >= 11 is 3.38. The van der Waals surface area contributed by atoms with Gasteiger partial charge in [-0.25, -0.2) is 0 Å². The van der Waals surface area contributed by atoms with Gasteiger partial charge in [-0.3, -0.25) is 4.79 Å². The number of carbonyl (C=O) groups excluding carboxylic acids is 1. The molecule has 0 saturated carbocycles. The second-order valence-corrected chi connectivity index (χ2v) is 6.70. The zero-order valence-electron chi connectivity index (χ0n) is 15.3. The van der Waals surface area contributed by atoms with E-state index >= 15 is 0 Å². The number of para-hydroxylation sites is 1. The van der Waals surface area contributed by atoms with E-state index in [-0.39, 0.29) is 24.9 Å². The van der Waals surface area contributed by atoms with Crippen molar-refractivity contribution < 1.29 is 23.5 Å². The quantitative estimate of drug-likeness (QED) is 0.355. The molecule has 0 saturated heterocycles. The molecule has 7 nitrogen and oxygen atoms in total. The number of esters is 1. The second-order valence-electron chi connectivity index (χ2n) is 5.78. The number of carbonyl (C=O) groups is 1. The fraction of sp³-hybridized carbons (Fsp3) is 0.250. The number of hydrogen-bond donors (Lipinski definition) is 0. The fourth-order valence-corrected chi connectivity index (χ4v) is 2.81. The Hall–Kier alpha value is -2.87. The molecule has 146 valence electrons. The summed E-state index contributed by atoms with van der Waals surface area (Å²) in [6, 6.07) is 14.9. The highest BCUT2D eigenvalue weighted by atomic mass is 79.9. The third-order valence-electron chi connectivity index (χ3n) is 3.76. The summed E-state index contributed by atoms with van der Waals surface area (Å²) in [5.41, 5.74) is 0.705. The highest BCUT2D eigenvalue weighted by Gasteiger charge is 2.14. The second kappa shape index (κ2) is 9.89. The maximum atomic E-state index is 11.9. The summed E-state index contributed by atoms with van der Waals surface area (Å²) in [6.45, 7) is 0.345. The standard InChI is InChI=1S/C20H19BrN2O5/c1-25-17-9-3-2-8-16(17)20-22-18(28-23-20)13-27-19(24)10-5-11-26-15-7-4-6-14(21)12-15/h2-4,6-9,12H,5,10-11,13H2,1H3. The van der Waals surface area contributed by atoms with Crippen LogP contribution in [0.15, 0.2) is 57.5 Å². The van der Waals surface area contributed by atoms with Crippen molar-refractivity contribution in [2.24, 2.45) is 0 Å². The number of aromatic nitrogens is 2. The minimum absolute atomic E-state index is 0.0759. The van der Waals surface area contributed by atoms with Gasteiger partial charge in [0.25, 0.3) is 5.89 Å². The maximum Gasteiger partial charge on any atom is 0.306 e. The van der Waals surface area contributed by atoms with Gasteiger partial charge >= 0.3 is 5.97 Å². The topological polar surface area (TPSA) is 83.7 Å². The number of nitrogens with zero attached hydrogens (tertiary/aromatic N) is 2. The highest BCUT2D eigenvalue weighted by Crippen LogP contribution is 2.27. The van der Waals surface area contributed by atoms with Gasteiger partial charge in [0, 0.05) is 10.9 Å². The van der Waals surface area contributed by atoms with E-state index in [2.05, 4.69) is 26.1 Å². The minimum Gasteiger partial charge on any atom is -0.496 e. The zero-order valence-corrected chi connectivity index (χ0v) is 16.8. The molecule has 3 aromatic rings. The molecule has 28 heavy (non-hydrogen) atoms. The lowest BCUT2D eigenvalue weighted by Crippen LogP contribution is -2.07. The summed E-state index contributed by atoms with van der Waals surface area (Å²) in [5.74, 6) is 1.63. The van der Waals surface area contributed by atoms with Crippen LogP contribution in [0, 0.1) is 0 Å². The molecule has 3 rings (SSSR count). The molecule has 0 radical (unpaired) electrons. The van der Waals surface area contributed by atoms with Gasteiger partial charge < -0.3 is 18.7 Å². The Balaban J connectivity index is 1.42. The third kappa shape index (κ3) is 5.56. The van der Waals surface area contributed by atoms with Gasteiger partial charge in [0.05, 0.1) is 19.3 Å². The first-order chi connectivity index (χ1) is 13.7. The lowest BCUT2D eigenvalue weighted by Gasteiger charge is -2.06. The summed E-state index contributed by atoms with van der Waals surface area (Å²) < 4.78 is 22.1. The zero-order chi connectivity index (χ0) is 19.8. The molecular weight excluding hydrogens is 428 g/mol. The molecule has 0 amide bonds. The Kier molecular flexibility index (Phi) is 7.02. The lowest BCUT2D eigenvalue weighted by molar-refractivity contribution is -0.146. The highest BCUT2D eigenvalue weighted by molar-refractivity contribution is 9.10. The van der Waals surface area contributed by atoms with Crippen molar-refractivity contribution >= 4 is 21.9 Å². The lowest BCUT2D eigenvalue weighted by atomic mass is 10.2. The van der Waals surface area contributed by atoms with E-state index in [1.165, 1.54) is 0 Å². The van der Waals surface area contributed by atoms with Crippen molar-refractivity contribution in [2.45, 2.75) is 19.4 Å². The number of benzene rings is 2. The monoisotopic (exact) mass is 446 g/mol. The first kappa shape index (κ1) is 19.9. The Morgan fingerprint density at radius 1 is 1.18 bits per heavy atom. The fourth-order valence-electron chi connectivity index (χ4n) is 2.43. The van der Waals surface area contributed by atoms with E-state index in [1.807, 2.05) is 48.5 Å². The normalized spacial score (nSPS) is 10.5. The van der Waals surface area contributed by atoms with Gasteiger partial charge in [0.1, 0.15) is 11.5 Å². The predicted octanol–water partition coefficient (Wildman–Crippen LogP) is 4.41. The van der Waals surface area contributed by atoms with E-state index in [4.69, 9.17) is 18.7 Å². The van der Waals surface area contributed by atoms with Gasteiger partial charge in [-0.15, -0.1) is 0 Å². The average Bonchev–Trinajstić information content (AvgIpc) is 3.18. The van der Waals surface area contributed by atoms with E-state index in [1.54, 1.807) is 7.11 Å². The van der Waals surface area contributed by atoms with Crippen molar-refractivity contribution in [3.05, 3.63) is 58.9 Å². The number of methoxy groups -OCH3 is 1. The Labute approximate surface area is 170 Å². The smallest absolute Gasteiger partial charge is 0.306 e. The molecule has 1 aromatic heterocycles. The molecule has 0 spiro atoms. The van der Waals surface area contributed by atoms with Crippen molar-refractivity contribution in [3.8, 4) is 22.9 Å². The van der Waals surface area contributed by atoms with E-state index < -0.39 is 0 Å². The van der Waals surface area contributed by atoms with Crippen LogP contribution in [0.2, 0.25) is 0 Å². The molecule has 0 aliphatic heterocycles. The molecule has 0 bridgehead atoms. The first-order valence-electron chi connectivity index (χ1n) is 8.65. The van der Waals surface area contributed by atoms with Crippen molar-refractivity contribution in [1.82, 2.24) is 10.1 Å². The van der Waals surface area contributed by atoms with Gasteiger partial charge in [-0.1, -0.05) is 39.3 Å². The van der Waals surface area contributed by atoms with Crippen LogP contribution in [0.4, 0.5) is 0 Å². The molecule has 0 atom stereocenters. The largest absolute Gasteiger partial charge is 0.496 e. The molecule has 0 aliphatic carbocycles. The van der Waals surface area contributed by atoms with E-state index in [0.717, 1.165) is 10.2 Å². The summed E-state index contributed by atoms with van der Waals surface area (Å²) in [6.07, 6.45) is 0.781. The molecule has 2 aromatic carbocycles. The molecule has 0 N–H and O–H groups in total. The number of rotatable bonds is 9. The molecule has 0 aliphatic rings. The van der Waals surface area contributed by atoms with Crippen LogP contribution in [-0.2, 0) is 16.1 Å². The van der Waals surface area contributed by atoms with Gasteiger partial charge in [0.2, 0.25) is 5.82 Å². The predicted molar refractivity (Wildman–Crippen MR) is 105 cm³/mol. The third-order valence-corrected chi connectivity index (χ3v) is 4.26. The van der Waals surface area contributed by atoms with E-state index in [0.29, 0.717) is 30.2 Å². The summed E-state index contributed by atoms with van der Waals surface area (Å²) in [4.78, 5) is 16.1. The van der Waals surface area contributed by atoms with Crippen LogP contribution >= 0.6 is 15.9 Å². The van der Waals surface area contributed by atoms with Gasteiger partial charge in [0.15, 0.2) is 6.61 Å². The maximum absolute atomic E-state index is 11.9. The van der Waals surface area contributed by atoms with Crippen LogP contribution < -0.4 is 9.47 Å². The summed E-state index contributed by atoms with van der Waals surface area (Å²) in [7, 11) is 1.57. The molecule has 8 heteroatoms. The molecule has 1 heterocycles. The first-order valence-corrected chi connectivity index (χ1v) is 9.45. The summed E-state index contributed by atoms with van der Waals surface area (Å²) in [5, 5.41) is 3.91. The van der Waals surface area contributed by atoms with Crippen LogP contribution in [-0.4, -0.2) is 29.8 Å². The SMILES string of the molecule is COc1ccccc1-c1noc(COC(=O)CCCOc2cccc(Br)c2)n1. The molecule has 0 unspecified atom stereocenters. The molecular formula is C20H19BrN2O5. The van der Waals surface area contributed by atoms with E-state index in [9.17, 15) is 4.79 Å². The van der Waals surface area contributed by atoms with Crippen LogP contribution in [0.1, 0.15) is 18.7 Å². The van der Waals surface area contributed by atoms with Crippen molar-refractivity contribution in [2.75, 3.05) is 13.7 Å². The Bertz CT molecular complexity index is 928.